The van der Waals surface area contributed by atoms with E-state index in [4.69, 9.17) is 0 Å². The first-order chi connectivity index (χ1) is 11.5. The van der Waals surface area contributed by atoms with E-state index in [2.05, 4.69) is 15.3 Å². The molecule has 0 fully saturated rings. The van der Waals surface area contributed by atoms with Gasteiger partial charge < -0.3 is 4.90 Å². The van der Waals surface area contributed by atoms with Crippen molar-refractivity contribution in [1.29, 1.82) is 0 Å². The number of aromatic nitrogens is 2. The van der Waals surface area contributed by atoms with Gasteiger partial charge in [-0.15, -0.1) is 35.1 Å². The molecule has 0 saturated heterocycles. The molecular weight excluding hydrogens is 380 g/mol. The van der Waals surface area contributed by atoms with E-state index < -0.39 is 11.8 Å². The van der Waals surface area contributed by atoms with Gasteiger partial charge in [0.1, 0.15) is 16.3 Å². The molecule has 2 amide bonds. The number of hydrogen-bond donors (Lipinski definition) is 1. The van der Waals surface area contributed by atoms with Gasteiger partial charge in [0.25, 0.3) is 11.8 Å². The maximum Gasteiger partial charge on any atom is 0.274 e. The van der Waals surface area contributed by atoms with Gasteiger partial charge in [0, 0.05) is 13.1 Å². The van der Waals surface area contributed by atoms with Crippen molar-refractivity contribution < 1.29 is 9.59 Å². The number of nitrogens with one attached hydrogen (secondary N) is 1. The van der Waals surface area contributed by atoms with Crippen molar-refractivity contribution >= 4 is 62.9 Å². The number of carbonyl (C=O) groups is 2. The van der Waals surface area contributed by atoms with Crippen LogP contribution in [0.4, 0.5) is 5.82 Å². The van der Waals surface area contributed by atoms with Crippen LogP contribution in [0.25, 0.3) is 20.9 Å². The number of rotatable bonds is 3. The highest BCUT2D eigenvalue weighted by Gasteiger charge is 2.27. The van der Waals surface area contributed by atoms with E-state index in [0.717, 1.165) is 20.7 Å². The summed E-state index contributed by atoms with van der Waals surface area (Å²) >= 11 is 3.10. The van der Waals surface area contributed by atoms with Crippen LogP contribution in [0.15, 0.2) is 34.7 Å². The quantitative estimate of drug-likeness (QED) is 0.693. The molecule has 0 aliphatic carbocycles. The third-order valence-corrected chi connectivity index (χ3v) is 5.61. The number of hydrogen-bond acceptors (Lipinski definition) is 7. The standard InChI is InChI=1S/C16H12N4O2S2.ClH/c1-8-7-24-16-12(8)14(18-13(19-16)10-4-3-5-23-10)20(2)9-6-11(21)17-15(9)22;/h3-7H,1-2H3,(H,17,21,22);1H. The van der Waals surface area contributed by atoms with Gasteiger partial charge in [0.05, 0.1) is 10.3 Å². The molecule has 128 valence electrons. The third-order valence-electron chi connectivity index (χ3n) is 3.76. The van der Waals surface area contributed by atoms with Gasteiger partial charge in [-0.3, -0.25) is 14.9 Å². The lowest BCUT2D eigenvalue weighted by Gasteiger charge is -2.19. The summed E-state index contributed by atoms with van der Waals surface area (Å²) in [4.78, 5) is 36.3. The smallest absolute Gasteiger partial charge is 0.274 e. The van der Waals surface area contributed by atoms with Crippen molar-refractivity contribution in [2.24, 2.45) is 0 Å². The Morgan fingerprint density at radius 1 is 1.20 bits per heavy atom. The third kappa shape index (κ3) is 2.92. The fraction of sp³-hybridized carbons (Fsp3) is 0.125. The molecule has 9 heteroatoms. The van der Waals surface area contributed by atoms with Gasteiger partial charge in [0.15, 0.2) is 5.82 Å². The minimum absolute atomic E-state index is 0. The number of anilines is 1. The Labute approximate surface area is 157 Å². The summed E-state index contributed by atoms with van der Waals surface area (Å²) < 4.78 is 0. The lowest BCUT2D eigenvalue weighted by molar-refractivity contribution is -0.123. The van der Waals surface area contributed by atoms with Gasteiger partial charge in [-0.05, 0) is 29.3 Å². The maximum absolute atomic E-state index is 12.0. The van der Waals surface area contributed by atoms with Gasteiger partial charge in [-0.25, -0.2) is 9.97 Å². The Hall–Kier alpha value is -2.29. The van der Waals surface area contributed by atoms with Crippen molar-refractivity contribution in [1.82, 2.24) is 15.3 Å². The molecular formula is C16H13ClN4O2S2. The summed E-state index contributed by atoms with van der Waals surface area (Å²) in [6, 6.07) is 3.91. The topological polar surface area (TPSA) is 75.2 Å². The number of fused-ring (bicyclic) bond motifs is 1. The highest BCUT2D eigenvalue weighted by Crippen LogP contribution is 2.35. The monoisotopic (exact) mass is 392 g/mol. The van der Waals surface area contributed by atoms with Crippen LogP contribution in [0.1, 0.15) is 5.56 Å². The first-order valence-corrected chi connectivity index (χ1v) is 8.91. The van der Waals surface area contributed by atoms with Crippen LogP contribution in [0.2, 0.25) is 0 Å². The van der Waals surface area contributed by atoms with Crippen LogP contribution in [0, 0.1) is 6.92 Å². The van der Waals surface area contributed by atoms with E-state index in [1.807, 2.05) is 29.8 Å². The molecule has 0 bridgehead atoms. The van der Waals surface area contributed by atoms with Crippen LogP contribution >= 0.6 is 35.1 Å². The minimum Gasteiger partial charge on any atom is -0.324 e. The Kier molecular flexibility index (Phi) is 4.59. The highest BCUT2D eigenvalue weighted by atomic mass is 35.5. The lowest BCUT2D eigenvalue weighted by atomic mass is 10.2. The van der Waals surface area contributed by atoms with Gasteiger partial charge in [0.2, 0.25) is 0 Å². The number of amides is 2. The highest BCUT2D eigenvalue weighted by molar-refractivity contribution is 7.17. The van der Waals surface area contributed by atoms with E-state index in [-0.39, 0.29) is 18.1 Å². The minimum atomic E-state index is -0.417. The molecule has 0 spiro atoms. The van der Waals surface area contributed by atoms with E-state index in [1.165, 1.54) is 6.08 Å². The van der Waals surface area contributed by atoms with E-state index in [1.54, 1.807) is 34.6 Å². The van der Waals surface area contributed by atoms with E-state index in [0.29, 0.717) is 11.6 Å². The number of likely N-dealkylation sites (N-methyl/N-ethyl adjacent to an activating group) is 1. The summed E-state index contributed by atoms with van der Waals surface area (Å²) in [5.41, 5.74) is 1.32. The average Bonchev–Trinajstić information content (AvgIpc) is 3.27. The number of aryl methyl sites for hydroxylation is 1. The first-order valence-electron chi connectivity index (χ1n) is 7.15. The predicted molar refractivity (Wildman–Crippen MR) is 102 cm³/mol. The zero-order valence-corrected chi connectivity index (χ0v) is 15.7. The summed E-state index contributed by atoms with van der Waals surface area (Å²) in [5, 5.41) is 7.15. The molecule has 0 atom stereocenters. The summed E-state index contributed by atoms with van der Waals surface area (Å²) in [5.74, 6) is 0.414. The van der Waals surface area contributed by atoms with E-state index >= 15 is 0 Å². The van der Waals surface area contributed by atoms with Crippen molar-refractivity contribution in [2.75, 3.05) is 11.9 Å². The number of nitrogens with zero attached hydrogens (tertiary/aromatic N) is 3. The van der Waals surface area contributed by atoms with Gasteiger partial charge >= 0.3 is 0 Å². The van der Waals surface area contributed by atoms with Crippen molar-refractivity contribution in [3.8, 4) is 10.7 Å². The molecule has 4 heterocycles. The Morgan fingerprint density at radius 3 is 2.64 bits per heavy atom. The largest absolute Gasteiger partial charge is 0.324 e. The van der Waals surface area contributed by atoms with E-state index in [9.17, 15) is 9.59 Å². The average molecular weight is 393 g/mol. The van der Waals surface area contributed by atoms with Crippen LogP contribution in [0.5, 0.6) is 0 Å². The second-order valence-corrected chi connectivity index (χ2v) is 7.16. The van der Waals surface area contributed by atoms with Crippen LogP contribution in [-0.2, 0) is 9.59 Å². The lowest BCUT2D eigenvalue weighted by Crippen LogP contribution is -2.29. The zero-order chi connectivity index (χ0) is 16.8. The molecule has 3 aromatic heterocycles. The van der Waals surface area contributed by atoms with Gasteiger partial charge in [-0.2, -0.15) is 0 Å². The first kappa shape index (κ1) is 17.5. The second-order valence-electron chi connectivity index (χ2n) is 5.35. The molecule has 4 rings (SSSR count). The predicted octanol–water partition coefficient (Wildman–Crippen LogP) is 3.13. The van der Waals surface area contributed by atoms with Crippen molar-refractivity contribution in [3.63, 3.8) is 0 Å². The Balaban J connectivity index is 0.00000182. The molecule has 1 aliphatic heterocycles. The molecule has 1 N–H and O–H groups in total. The molecule has 0 radical (unpaired) electrons. The van der Waals surface area contributed by atoms with Crippen molar-refractivity contribution in [2.45, 2.75) is 6.92 Å². The van der Waals surface area contributed by atoms with Crippen molar-refractivity contribution in [3.05, 3.63) is 40.2 Å². The molecule has 0 unspecified atom stereocenters. The van der Waals surface area contributed by atoms with Crippen LogP contribution in [0.3, 0.4) is 0 Å². The molecule has 25 heavy (non-hydrogen) atoms. The van der Waals surface area contributed by atoms with Gasteiger partial charge in [-0.1, -0.05) is 6.07 Å². The number of halogens is 1. The van der Waals surface area contributed by atoms with Crippen LogP contribution in [-0.4, -0.2) is 28.8 Å². The summed E-state index contributed by atoms with van der Waals surface area (Å²) in [6.07, 6.45) is 1.29. The molecule has 0 aromatic carbocycles. The maximum atomic E-state index is 12.0. The Bertz CT molecular complexity index is 1010. The zero-order valence-electron chi connectivity index (χ0n) is 13.3. The molecule has 3 aromatic rings. The fourth-order valence-electron chi connectivity index (χ4n) is 2.59. The SMILES string of the molecule is Cc1csc2nc(-c3cccs3)nc(N(C)C3=CC(=O)NC3=O)c12.Cl. The molecule has 0 saturated carbocycles. The number of carbonyl (C=O) groups excluding carboxylic acids is 2. The number of imide groups is 1. The second kappa shape index (κ2) is 6.55. The fourth-order valence-corrected chi connectivity index (χ4v) is 4.16. The molecule has 1 aliphatic rings. The van der Waals surface area contributed by atoms with Crippen LogP contribution < -0.4 is 10.2 Å². The summed E-state index contributed by atoms with van der Waals surface area (Å²) in [6.45, 7) is 1.98. The number of thiophene rings is 2. The Morgan fingerprint density at radius 2 is 2.00 bits per heavy atom. The normalized spacial score (nSPS) is 13.6. The molecule has 6 nitrogen and oxygen atoms in total. The summed E-state index contributed by atoms with van der Waals surface area (Å²) in [7, 11) is 1.74.